The van der Waals surface area contributed by atoms with Crippen LogP contribution in [0.25, 0.3) is 0 Å². The Bertz CT molecular complexity index is 533. The van der Waals surface area contributed by atoms with Crippen molar-refractivity contribution in [2.45, 2.75) is 70.5 Å². The summed E-state index contributed by atoms with van der Waals surface area (Å²) < 4.78 is 0. The molecule has 1 aromatic rings. The molecule has 1 amide bonds. The monoisotopic (exact) mass is 350 g/mol. The molecule has 2 fully saturated rings. The number of hydrogen-bond acceptors (Lipinski definition) is 2. The van der Waals surface area contributed by atoms with E-state index in [1.807, 2.05) is 11.9 Å². The molecule has 2 bridgehead atoms. The number of rotatable bonds is 5. The van der Waals surface area contributed by atoms with Crippen molar-refractivity contribution >= 4 is 18.3 Å². The molecule has 1 N–H and O–H groups in total. The number of aryl methyl sites for hydroxylation is 1. The zero-order valence-electron chi connectivity index (χ0n) is 15.1. The lowest BCUT2D eigenvalue weighted by atomic mass is 9.89. The molecule has 0 spiro atoms. The Morgan fingerprint density at radius 1 is 1.21 bits per heavy atom. The maximum absolute atomic E-state index is 12.6. The summed E-state index contributed by atoms with van der Waals surface area (Å²) in [4.78, 5) is 14.6. The number of likely N-dealkylation sites (N-methyl/N-ethyl adjacent to an activating group) is 1. The molecule has 134 valence electrons. The third-order valence-electron chi connectivity index (χ3n) is 5.74. The molecule has 0 aliphatic carbocycles. The molecule has 3 rings (SSSR count). The van der Waals surface area contributed by atoms with Crippen LogP contribution in [-0.2, 0) is 11.2 Å². The third kappa shape index (κ3) is 4.73. The van der Waals surface area contributed by atoms with Gasteiger partial charge in [-0.25, -0.2) is 0 Å². The molecule has 0 radical (unpaired) electrons. The van der Waals surface area contributed by atoms with Crippen molar-refractivity contribution in [1.82, 2.24) is 10.2 Å². The van der Waals surface area contributed by atoms with Crippen LogP contribution in [0, 0.1) is 12.8 Å². The van der Waals surface area contributed by atoms with E-state index in [9.17, 15) is 4.79 Å². The zero-order valence-corrected chi connectivity index (χ0v) is 15.9. The highest BCUT2D eigenvalue weighted by molar-refractivity contribution is 5.85. The number of fused-ring (bicyclic) bond motifs is 2. The standard InChI is InChI=1S/C20H30N2O.ClH/c1-14-4-6-16(7-5-14)10-15(2)22(3)20(23)13-17-11-18-8-9-19(12-17)21-18;/h4-7,15,17-19,21H,8-13H2,1-3H3;1H. The highest BCUT2D eigenvalue weighted by Crippen LogP contribution is 2.33. The molecule has 3 atom stereocenters. The van der Waals surface area contributed by atoms with Gasteiger partial charge in [0.25, 0.3) is 0 Å². The fourth-order valence-electron chi connectivity index (χ4n) is 4.18. The normalized spacial score (nSPS) is 26.5. The SMILES string of the molecule is Cc1ccc(CC(C)N(C)C(=O)CC2CC3CCC(C2)N3)cc1.Cl. The molecule has 2 heterocycles. The zero-order chi connectivity index (χ0) is 16.4. The summed E-state index contributed by atoms with van der Waals surface area (Å²) in [7, 11) is 1.97. The van der Waals surface area contributed by atoms with Gasteiger partial charge in [0.2, 0.25) is 5.91 Å². The van der Waals surface area contributed by atoms with Crippen molar-refractivity contribution in [2.24, 2.45) is 5.92 Å². The number of amides is 1. The van der Waals surface area contributed by atoms with E-state index in [1.165, 1.54) is 36.8 Å². The molecule has 2 aliphatic heterocycles. The number of nitrogens with one attached hydrogen (secondary N) is 1. The molecule has 3 nitrogen and oxygen atoms in total. The average molecular weight is 351 g/mol. The molecular formula is C20H31ClN2O. The van der Waals surface area contributed by atoms with Gasteiger partial charge in [-0.05, 0) is 57.4 Å². The van der Waals surface area contributed by atoms with Crippen LogP contribution in [0.4, 0.5) is 0 Å². The highest BCUT2D eigenvalue weighted by Gasteiger charge is 2.34. The van der Waals surface area contributed by atoms with Crippen molar-refractivity contribution in [2.75, 3.05) is 7.05 Å². The Labute approximate surface area is 152 Å². The molecule has 3 unspecified atom stereocenters. The van der Waals surface area contributed by atoms with Crippen LogP contribution >= 0.6 is 12.4 Å². The lowest BCUT2D eigenvalue weighted by molar-refractivity contribution is -0.132. The Balaban J connectivity index is 0.00000208. The summed E-state index contributed by atoms with van der Waals surface area (Å²) in [6.07, 6.45) is 6.62. The van der Waals surface area contributed by atoms with E-state index in [0.717, 1.165) is 12.8 Å². The Hall–Kier alpha value is -1.06. The minimum absolute atomic E-state index is 0. The Morgan fingerprint density at radius 3 is 2.38 bits per heavy atom. The lowest BCUT2D eigenvalue weighted by Gasteiger charge is -2.31. The van der Waals surface area contributed by atoms with Crippen molar-refractivity contribution < 1.29 is 4.79 Å². The minimum atomic E-state index is 0. The fourth-order valence-corrected chi connectivity index (χ4v) is 4.18. The second kappa shape index (κ2) is 8.35. The highest BCUT2D eigenvalue weighted by atomic mass is 35.5. The summed E-state index contributed by atoms with van der Waals surface area (Å²) in [6, 6.07) is 10.2. The molecule has 24 heavy (non-hydrogen) atoms. The van der Waals surface area contributed by atoms with Gasteiger partial charge >= 0.3 is 0 Å². The van der Waals surface area contributed by atoms with Gasteiger partial charge in [-0.1, -0.05) is 29.8 Å². The van der Waals surface area contributed by atoms with Gasteiger partial charge in [0.1, 0.15) is 0 Å². The van der Waals surface area contributed by atoms with Gasteiger partial charge in [0.05, 0.1) is 0 Å². The predicted molar refractivity (Wildman–Crippen MR) is 102 cm³/mol. The fraction of sp³-hybridized carbons (Fsp3) is 0.650. The van der Waals surface area contributed by atoms with Gasteiger partial charge in [-0.3, -0.25) is 4.79 Å². The van der Waals surface area contributed by atoms with Gasteiger partial charge in [0, 0.05) is 31.6 Å². The summed E-state index contributed by atoms with van der Waals surface area (Å²) in [5.41, 5.74) is 2.59. The maximum Gasteiger partial charge on any atom is 0.222 e. The van der Waals surface area contributed by atoms with Crippen molar-refractivity contribution in [3.8, 4) is 0 Å². The first-order valence-corrected chi connectivity index (χ1v) is 9.08. The average Bonchev–Trinajstić information content (AvgIpc) is 2.87. The molecular weight excluding hydrogens is 320 g/mol. The molecule has 0 saturated carbocycles. The first kappa shape index (κ1) is 19.3. The third-order valence-corrected chi connectivity index (χ3v) is 5.74. The second-order valence-corrected chi connectivity index (χ2v) is 7.72. The Morgan fingerprint density at radius 2 is 1.79 bits per heavy atom. The van der Waals surface area contributed by atoms with E-state index in [0.29, 0.717) is 23.9 Å². The van der Waals surface area contributed by atoms with Crippen LogP contribution in [-0.4, -0.2) is 36.0 Å². The summed E-state index contributed by atoms with van der Waals surface area (Å²) in [6.45, 7) is 4.26. The van der Waals surface area contributed by atoms with E-state index >= 15 is 0 Å². The number of benzene rings is 1. The van der Waals surface area contributed by atoms with E-state index in [2.05, 4.69) is 43.4 Å². The number of nitrogens with zero attached hydrogens (tertiary/aromatic N) is 1. The van der Waals surface area contributed by atoms with Crippen LogP contribution in [0.15, 0.2) is 24.3 Å². The topological polar surface area (TPSA) is 32.3 Å². The molecule has 2 saturated heterocycles. The number of carbonyl (C=O) groups excluding carboxylic acids is 1. The van der Waals surface area contributed by atoms with E-state index in [1.54, 1.807) is 0 Å². The first-order chi connectivity index (χ1) is 11.0. The van der Waals surface area contributed by atoms with Gasteiger partial charge < -0.3 is 10.2 Å². The van der Waals surface area contributed by atoms with Crippen molar-refractivity contribution in [1.29, 1.82) is 0 Å². The van der Waals surface area contributed by atoms with Crippen LogP contribution in [0.5, 0.6) is 0 Å². The van der Waals surface area contributed by atoms with Crippen LogP contribution < -0.4 is 5.32 Å². The van der Waals surface area contributed by atoms with Crippen LogP contribution in [0.1, 0.15) is 50.2 Å². The van der Waals surface area contributed by atoms with Crippen molar-refractivity contribution in [3.63, 3.8) is 0 Å². The van der Waals surface area contributed by atoms with Crippen molar-refractivity contribution in [3.05, 3.63) is 35.4 Å². The summed E-state index contributed by atoms with van der Waals surface area (Å²) in [5, 5.41) is 3.66. The molecule has 4 heteroatoms. The van der Waals surface area contributed by atoms with Gasteiger partial charge in [-0.2, -0.15) is 0 Å². The van der Waals surface area contributed by atoms with E-state index in [-0.39, 0.29) is 18.4 Å². The Kier molecular flexibility index (Phi) is 6.70. The van der Waals surface area contributed by atoms with Crippen LogP contribution in [0.2, 0.25) is 0 Å². The molecule has 1 aromatic carbocycles. The predicted octanol–water partition coefficient (Wildman–Crippen LogP) is 3.73. The van der Waals surface area contributed by atoms with Gasteiger partial charge in [-0.15, -0.1) is 12.4 Å². The number of hydrogen-bond donors (Lipinski definition) is 1. The minimum Gasteiger partial charge on any atom is -0.343 e. The molecule has 0 aromatic heterocycles. The van der Waals surface area contributed by atoms with Gasteiger partial charge in [0.15, 0.2) is 0 Å². The lowest BCUT2D eigenvalue weighted by Crippen LogP contribution is -2.41. The quantitative estimate of drug-likeness (QED) is 0.877. The molecule has 2 aliphatic rings. The number of carbonyl (C=O) groups is 1. The largest absolute Gasteiger partial charge is 0.343 e. The second-order valence-electron chi connectivity index (χ2n) is 7.72. The number of piperidine rings is 1. The van der Waals surface area contributed by atoms with E-state index < -0.39 is 0 Å². The first-order valence-electron chi connectivity index (χ1n) is 9.08. The number of halogens is 1. The van der Waals surface area contributed by atoms with E-state index in [4.69, 9.17) is 0 Å². The summed E-state index contributed by atoms with van der Waals surface area (Å²) >= 11 is 0. The smallest absolute Gasteiger partial charge is 0.222 e. The summed E-state index contributed by atoms with van der Waals surface area (Å²) in [5.74, 6) is 0.895. The van der Waals surface area contributed by atoms with Crippen LogP contribution in [0.3, 0.4) is 0 Å². The maximum atomic E-state index is 12.6.